The summed E-state index contributed by atoms with van der Waals surface area (Å²) in [5.74, 6) is -0.0117. The molecule has 0 atom stereocenters. The lowest BCUT2D eigenvalue weighted by Gasteiger charge is -2.16. The van der Waals surface area contributed by atoms with Crippen LogP contribution in [0.2, 0.25) is 0 Å². The molecule has 7 nitrogen and oxygen atoms in total. The van der Waals surface area contributed by atoms with Crippen LogP contribution in [0.1, 0.15) is 22.3 Å². The predicted molar refractivity (Wildman–Crippen MR) is 130 cm³/mol. The molecule has 0 saturated carbocycles. The molecule has 0 unspecified atom stereocenters. The topological polar surface area (TPSA) is 91.7 Å². The first-order valence-corrected chi connectivity index (χ1v) is 10.6. The van der Waals surface area contributed by atoms with Gasteiger partial charge in [-0.25, -0.2) is 4.90 Å². The number of amides is 2. The number of anilines is 2. The zero-order valence-electron chi connectivity index (χ0n) is 19.3. The van der Waals surface area contributed by atoms with Gasteiger partial charge < -0.3 is 14.8 Å². The summed E-state index contributed by atoms with van der Waals surface area (Å²) in [7, 11) is 3.04. The molecule has 0 fully saturated rings. The third-order valence-corrected chi connectivity index (χ3v) is 5.66. The van der Waals surface area contributed by atoms with Gasteiger partial charge >= 0.3 is 0 Å². The Morgan fingerprint density at radius 1 is 0.853 bits per heavy atom. The fourth-order valence-electron chi connectivity index (χ4n) is 3.83. The molecule has 0 radical (unpaired) electrons. The van der Waals surface area contributed by atoms with Gasteiger partial charge in [-0.05, 0) is 73.0 Å². The molecule has 0 aromatic heterocycles. The van der Waals surface area contributed by atoms with E-state index < -0.39 is 11.8 Å². The van der Waals surface area contributed by atoms with Gasteiger partial charge in [0.15, 0.2) is 11.5 Å². The minimum atomic E-state index is -0.486. The van der Waals surface area contributed by atoms with Crippen LogP contribution in [-0.4, -0.2) is 26.0 Å². The van der Waals surface area contributed by atoms with Crippen LogP contribution in [0, 0.1) is 25.2 Å². The maximum Gasteiger partial charge on any atom is 0.282 e. The van der Waals surface area contributed by atoms with Gasteiger partial charge in [0.25, 0.3) is 11.8 Å². The Morgan fingerprint density at radius 3 is 2.21 bits per heavy atom. The van der Waals surface area contributed by atoms with E-state index in [1.807, 2.05) is 38.1 Å². The number of ether oxygens (including phenoxy) is 2. The van der Waals surface area contributed by atoms with Crippen molar-refractivity contribution in [2.24, 2.45) is 0 Å². The van der Waals surface area contributed by atoms with Crippen LogP contribution in [0.15, 0.2) is 66.4 Å². The molecule has 0 spiro atoms. The van der Waals surface area contributed by atoms with Crippen molar-refractivity contribution < 1.29 is 19.1 Å². The number of rotatable bonds is 6. The van der Waals surface area contributed by atoms with Crippen LogP contribution in [0.4, 0.5) is 11.4 Å². The van der Waals surface area contributed by atoms with E-state index in [0.717, 1.165) is 21.7 Å². The lowest BCUT2D eigenvalue weighted by molar-refractivity contribution is -0.120. The number of hydrogen-bond acceptors (Lipinski definition) is 6. The quantitative estimate of drug-likeness (QED) is 0.549. The van der Waals surface area contributed by atoms with E-state index in [-0.39, 0.29) is 11.3 Å². The lowest BCUT2D eigenvalue weighted by atomic mass is 10.0. The van der Waals surface area contributed by atoms with Gasteiger partial charge in [-0.3, -0.25) is 9.59 Å². The SMILES string of the molecule is COc1ccc(C2=C(Nc3cc(C)ccc3C)C(=O)N(c3ccc(C#N)cc3)C2=O)cc1OC. The molecule has 7 heteroatoms. The predicted octanol–water partition coefficient (Wildman–Crippen LogP) is 4.59. The van der Waals surface area contributed by atoms with Crippen molar-refractivity contribution in [1.29, 1.82) is 5.26 Å². The molecule has 0 aliphatic carbocycles. The second-order valence-electron chi connectivity index (χ2n) is 7.87. The number of nitriles is 1. The van der Waals surface area contributed by atoms with Crippen LogP contribution in [0.3, 0.4) is 0 Å². The zero-order valence-corrected chi connectivity index (χ0v) is 19.3. The number of hydrogen-bond donors (Lipinski definition) is 1. The number of methoxy groups -OCH3 is 2. The summed E-state index contributed by atoms with van der Waals surface area (Å²) < 4.78 is 10.7. The smallest absolute Gasteiger partial charge is 0.282 e. The minimum Gasteiger partial charge on any atom is -0.493 e. The maximum absolute atomic E-state index is 13.6. The van der Waals surface area contributed by atoms with Gasteiger partial charge in [0.05, 0.1) is 37.1 Å². The molecule has 1 heterocycles. The van der Waals surface area contributed by atoms with Crippen molar-refractivity contribution in [1.82, 2.24) is 0 Å². The van der Waals surface area contributed by atoms with E-state index in [9.17, 15) is 9.59 Å². The molecule has 34 heavy (non-hydrogen) atoms. The molecule has 1 aliphatic rings. The minimum absolute atomic E-state index is 0.162. The van der Waals surface area contributed by atoms with Gasteiger partial charge in [-0.1, -0.05) is 18.2 Å². The average Bonchev–Trinajstić information content (AvgIpc) is 3.10. The summed E-state index contributed by atoms with van der Waals surface area (Å²) in [5.41, 5.74) is 4.39. The van der Waals surface area contributed by atoms with Crippen molar-refractivity contribution in [3.8, 4) is 17.6 Å². The third kappa shape index (κ3) is 3.97. The van der Waals surface area contributed by atoms with E-state index in [0.29, 0.717) is 28.3 Å². The molecule has 170 valence electrons. The summed E-state index contributed by atoms with van der Waals surface area (Å²) >= 11 is 0. The molecule has 2 amide bonds. The number of nitrogens with zero attached hydrogens (tertiary/aromatic N) is 2. The zero-order chi connectivity index (χ0) is 24.4. The van der Waals surface area contributed by atoms with Crippen molar-refractivity contribution >= 4 is 28.8 Å². The standard InChI is InChI=1S/C27H23N3O4/c1-16-5-6-17(2)21(13-16)29-25-24(19-9-12-22(33-3)23(14-19)34-4)26(31)30(27(25)32)20-10-7-18(15-28)8-11-20/h5-14,29H,1-4H3. The van der Waals surface area contributed by atoms with Gasteiger partial charge in [-0.15, -0.1) is 0 Å². The molecule has 0 bridgehead atoms. The molecule has 4 rings (SSSR count). The van der Waals surface area contributed by atoms with Crippen LogP contribution in [0.5, 0.6) is 11.5 Å². The number of benzene rings is 3. The summed E-state index contributed by atoms with van der Waals surface area (Å²) in [6.45, 7) is 3.89. The molecule has 3 aromatic carbocycles. The van der Waals surface area contributed by atoms with Crippen molar-refractivity contribution in [2.45, 2.75) is 13.8 Å². The largest absolute Gasteiger partial charge is 0.493 e. The fraction of sp³-hybridized carbons (Fsp3) is 0.148. The van der Waals surface area contributed by atoms with Crippen LogP contribution in [-0.2, 0) is 9.59 Å². The molecular weight excluding hydrogens is 430 g/mol. The number of carbonyl (C=O) groups excluding carboxylic acids is 2. The molecule has 3 aromatic rings. The van der Waals surface area contributed by atoms with Gasteiger partial charge in [0, 0.05) is 5.69 Å². The van der Waals surface area contributed by atoms with Gasteiger partial charge in [-0.2, -0.15) is 5.26 Å². The molecule has 1 aliphatic heterocycles. The number of carbonyl (C=O) groups is 2. The van der Waals surface area contributed by atoms with E-state index in [2.05, 4.69) is 5.32 Å². The molecule has 1 N–H and O–H groups in total. The summed E-state index contributed by atoms with van der Waals surface area (Å²) in [6, 6.07) is 19.3. The second kappa shape index (κ2) is 9.12. The highest BCUT2D eigenvalue weighted by atomic mass is 16.5. The second-order valence-corrected chi connectivity index (χ2v) is 7.87. The Balaban J connectivity index is 1.87. The highest BCUT2D eigenvalue weighted by molar-refractivity contribution is 6.46. The van der Waals surface area contributed by atoms with Crippen molar-refractivity contribution in [2.75, 3.05) is 24.4 Å². The Kier molecular flexibility index (Phi) is 6.07. The number of imide groups is 1. The van der Waals surface area contributed by atoms with Crippen LogP contribution < -0.4 is 19.7 Å². The number of aryl methyl sites for hydroxylation is 2. The maximum atomic E-state index is 13.6. The van der Waals surface area contributed by atoms with Gasteiger partial charge in [0.2, 0.25) is 0 Å². The van der Waals surface area contributed by atoms with E-state index >= 15 is 0 Å². The first kappa shape index (κ1) is 22.6. The lowest BCUT2D eigenvalue weighted by Crippen LogP contribution is -2.32. The number of nitrogens with one attached hydrogen (secondary N) is 1. The highest BCUT2D eigenvalue weighted by Gasteiger charge is 2.40. The fourth-order valence-corrected chi connectivity index (χ4v) is 3.83. The van der Waals surface area contributed by atoms with Crippen molar-refractivity contribution in [3.63, 3.8) is 0 Å². The third-order valence-electron chi connectivity index (χ3n) is 5.66. The highest BCUT2D eigenvalue weighted by Crippen LogP contribution is 2.37. The normalized spacial score (nSPS) is 13.2. The average molecular weight is 453 g/mol. The summed E-state index contributed by atoms with van der Waals surface area (Å²) in [6.07, 6.45) is 0. The summed E-state index contributed by atoms with van der Waals surface area (Å²) in [5, 5.41) is 12.3. The molecular formula is C27H23N3O4. The van der Waals surface area contributed by atoms with E-state index in [4.69, 9.17) is 14.7 Å². The summed E-state index contributed by atoms with van der Waals surface area (Å²) in [4.78, 5) is 28.4. The molecule has 0 saturated heterocycles. The Bertz CT molecular complexity index is 1370. The van der Waals surface area contributed by atoms with Crippen molar-refractivity contribution in [3.05, 3.63) is 88.6 Å². The first-order valence-electron chi connectivity index (χ1n) is 10.6. The van der Waals surface area contributed by atoms with Gasteiger partial charge in [0.1, 0.15) is 5.70 Å². The van der Waals surface area contributed by atoms with E-state index in [1.165, 1.54) is 14.2 Å². The van der Waals surface area contributed by atoms with Crippen LogP contribution >= 0.6 is 0 Å². The Hall–Kier alpha value is -4.57. The Morgan fingerprint density at radius 2 is 1.56 bits per heavy atom. The van der Waals surface area contributed by atoms with Crippen LogP contribution in [0.25, 0.3) is 5.57 Å². The first-order chi connectivity index (χ1) is 16.4. The van der Waals surface area contributed by atoms with E-state index in [1.54, 1.807) is 42.5 Å². The monoisotopic (exact) mass is 453 g/mol. The Labute approximate surface area is 197 Å².